The first-order chi connectivity index (χ1) is 19.0. The number of rotatable bonds is 8. The molecule has 0 aliphatic heterocycles. The summed E-state index contributed by atoms with van der Waals surface area (Å²) in [6.07, 6.45) is 3.09. The van der Waals surface area contributed by atoms with E-state index in [1.807, 2.05) is 0 Å². The average molecular weight is 765 g/mol. The molecule has 0 fully saturated rings. The average Bonchev–Trinajstić information content (AvgIpc) is 3.34. The van der Waals surface area contributed by atoms with Crippen molar-refractivity contribution in [2.75, 3.05) is 10.9 Å². The zero-order valence-electron chi connectivity index (χ0n) is 22.8. The second kappa shape index (κ2) is 18.2. The number of nitro groups is 2. The molecule has 0 radical (unpaired) electrons. The molecule has 4 aromatic rings. The van der Waals surface area contributed by atoms with E-state index in [0.717, 1.165) is 11.1 Å². The summed E-state index contributed by atoms with van der Waals surface area (Å²) >= 11 is 11.5. The number of nitrogens with one attached hydrogen (secondary N) is 2. The van der Waals surface area contributed by atoms with Crippen molar-refractivity contribution in [2.45, 2.75) is 13.8 Å². The van der Waals surface area contributed by atoms with Crippen LogP contribution in [0.4, 0.5) is 23.0 Å². The molecule has 232 valence electrons. The topological polar surface area (TPSA) is 171 Å². The van der Waals surface area contributed by atoms with Crippen LogP contribution < -0.4 is 35.7 Å². The van der Waals surface area contributed by atoms with Gasteiger partial charge in [0.15, 0.2) is 0 Å². The summed E-state index contributed by atoms with van der Waals surface area (Å²) in [6.45, 7) is 3.15. The number of aromatic nitrogens is 4. The Hall–Kier alpha value is -3.58. The Labute approximate surface area is 282 Å². The first kappa shape index (κ1) is 39.4. The summed E-state index contributed by atoms with van der Waals surface area (Å²) in [5.74, 6) is 0.468. The molecule has 0 saturated carbocycles. The zero-order chi connectivity index (χ0) is 29.4. The Kier molecular flexibility index (Phi) is 16.7. The number of nitrogens with zero attached hydrogens (tertiary/aromatic N) is 8. The summed E-state index contributed by atoms with van der Waals surface area (Å²) < 4.78 is 2.76. The monoisotopic (exact) mass is 762 g/mol. The van der Waals surface area contributed by atoms with Gasteiger partial charge in [-0.15, -0.1) is 0 Å². The largest absolute Gasteiger partial charge is 2.00 e. The normalized spacial score (nSPS) is 10.2. The van der Waals surface area contributed by atoms with Gasteiger partial charge < -0.3 is 24.8 Å². The van der Waals surface area contributed by atoms with Crippen molar-refractivity contribution in [3.8, 4) is 0 Å². The summed E-state index contributed by atoms with van der Waals surface area (Å²) in [4.78, 5) is 21.0. The molecule has 0 bridgehead atoms. The third-order valence-electron chi connectivity index (χ3n) is 5.25. The van der Waals surface area contributed by atoms with Gasteiger partial charge in [-0.25, -0.2) is 9.36 Å². The molecule has 0 aliphatic carbocycles. The maximum atomic E-state index is 11.0. The fourth-order valence-electron chi connectivity index (χ4n) is 3.42. The van der Waals surface area contributed by atoms with Crippen LogP contribution in [0.1, 0.15) is 22.5 Å². The standard InChI is InChI=1S/2C12H12ClN5O2.2ClH.Pd/c2*1-8-11(18(19)20)12(17(2)16-8)15-14-7-9-3-5-10(13)6-4-9;;;/h2*3-7,15H,1-2H3;2*1H;/q;;;;+2/p-2/b2*14-7+;;;. The van der Waals surface area contributed by atoms with E-state index in [9.17, 15) is 20.2 Å². The van der Waals surface area contributed by atoms with Crippen LogP contribution in [0.5, 0.6) is 0 Å². The van der Waals surface area contributed by atoms with Crippen LogP contribution in [-0.4, -0.2) is 41.8 Å². The second-order valence-electron chi connectivity index (χ2n) is 8.17. The van der Waals surface area contributed by atoms with Gasteiger partial charge in [-0.1, -0.05) is 47.5 Å². The van der Waals surface area contributed by atoms with Crippen molar-refractivity contribution in [1.29, 1.82) is 0 Å². The molecule has 0 saturated heterocycles. The van der Waals surface area contributed by atoms with E-state index >= 15 is 0 Å². The first-order valence-electron chi connectivity index (χ1n) is 11.4. The Morgan fingerprint density at radius 3 is 1.30 bits per heavy atom. The second-order valence-corrected chi connectivity index (χ2v) is 9.04. The van der Waals surface area contributed by atoms with Crippen LogP contribution in [-0.2, 0) is 34.5 Å². The van der Waals surface area contributed by atoms with Crippen LogP contribution in [0.2, 0.25) is 10.0 Å². The molecule has 0 unspecified atom stereocenters. The number of anilines is 2. The summed E-state index contributed by atoms with van der Waals surface area (Å²) in [5.41, 5.74) is 7.43. The first-order valence-corrected chi connectivity index (χ1v) is 12.2. The summed E-state index contributed by atoms with van der Waals surface area (Å²) in [7, 11) is 3.22. The van der Waals surface area contributed by atoms with Gasteiger partial charge in [0.1, 0.15) is 11.4 Å². The fourth-order valence-corrected chi connectivity index (χ4v) is 3.67. The van der Waals surface area contributed by atoms with Crippen molar-refractivity contribution in [1.82, 2.24) is 19.6 Å². The van der Waals surface area contributed by atoms with E-state index in [-0.39, 0.29) is 68.2 Å². The molecule has 4 rings (SSSR count). The molecular formula is C24H24Cl4N10O4Pd. The van der Waals surface area contributed by atoms with Crippen LogP contribution in [0.3, 0.4) is 0 Å². The van der Waals surface area contributed by atoms with Gasteiger partial charge in [0.2, 0.25) is 11.6 Å². The molecule has 2 N–H and O–H groups in total. The maximum Gasteiger partial charge on any atom is 2.00 e. The molecule has 14 nitrogen and oxygen atoms in total. The molecule has 19 heteroatoms. The molecule has 0 amide bonds. The molecule has 0 spiro atoms. The van der Waals surface area contributed by atoms with Crippen LogP contribution in [0.25, 0.3) is 0 Å². The van der Waals surface area contributed by atoms with Gasteiger partial charge in [0.25, 0.3) is 0 Å². The Morgan fingerprint density at radius 2 is 1.02 bits per heavy atom. The minimum atomic E-state index is -0.484. The Bertz CT molecular complexity index is 1460. The van der Waals surface area contributed by atoms with Crippen molar-refractivity contribution >= 4 is 58.6 Å². The van der Waals surface area contributed by atoms with Gasteiger partial charge in [-0.2, -0.15) is 20.4 Å². The number of hydrogen-bond donors (Lipinski definition) is 2. The van der Waals surface area contributed by atoms with E-state index < -0.39 is 9.85 Å². The van der Waals surface area contributed by atoms with Gasteiger partial charge in [-0.3, -0.25) is 31.1 Å². The maximum absolute atomic E-state index is 11.0. The van der Waals surface area contributed by atoms with Crippen LogP contribution >= 0.6 is 23.2 Å². The minimum absolute atomic E-state index is 0. The molecule has 2 aromatic carbocycles. The quantitative estimate of drug-likeness (QED) is 0.105. The van der Waals surface area contributed by atoms with E-state index in [1.165, 1.54) is 9.36 Å². The third-order valence-corrected chi connectivity index (χ3v) is 5.76. The van der Waals surface area contributed by atoms with Gasteiger partial charge >= 0.3 is 31.8 Å². The van der Waals surface area contributed by atoms with Crippen LogP contribution in [0, 0.1) is 34.1 Å². The number of benzene rings is 2. The molecule has 43 heavy (non-hydrogen) atoms. The molecule has 0 aliphatic rings. The third kappa shape index (κ3) is 10.9. The smallest absolute Gasteiger partial charge is 1.00 e. The van der Waals surface area contributed by atoms with Crippen LogP contribution in [0.15, 0.2) is 58.7 Å². The van der Waals surface area contributed by atoms with Gasteiger partial charge in [-0.05, 0) is 49.2 Å². The minimum Gasteiger partial charge on any atom is -1.00 e. The zero-order valence-corrected chi connectivity index (χ0v) is 27.4. The van der Waals surface area contributed by atoms with Crippen molar-refractivity contribution in [3.05, 3.63) is 101 Å². The van der Waals surface area contributed by atoms with Crippen molar-refractivity contribution in [3.63, 3.8) is 0 Å². The van der Waals surface area contributed by atoms with Crippen molar-refractivity contribution < 1.29 is 55.1 Å². The summed E-state index contributed by atoms with van der Waals surface area (Å²) in [6, 6.07) is 14.1. The molecule has 2 aromatic heterocycles. The van der Waals surface area contributed by atoms with E-state index in [0.29, 0.717) is 21.4 Å². The number of hydrazone groups is 2. The number of aryl methyl sites for hydroxylation is 4. The SMILES string of the molecule is Cc1nn(C)c(N/N=C/c2ccc(Cl)cc2)c1[N+](=O)[O-].Cc1nn(C)c(N/N=C/c2ccc(Cl)cc2)c1[N+](=O)[O-].[Cl-].[Cl-].[Pd+2]. The molecular weight excluding hydrogens is 741 g/mol. The van der Waals surface area contributed by atoms with Gasteiger partial charge in [0.05, 0.1) is 22.3 Å². The fraction of sp³-hybridized carbons (Fsp3) is 0.167. The van der Waals surface area contributed by atoms with E-state index in [2.05, 4.69) is 31.3 Å². The Balaban J connectivity index is 0.000000767. The number of halogens is 4. The summed E-state index contributed by atoms with van der Waals surface area (Å²) in [5, 5.41) is 39.1. The molecule has 0 atom stereocenters. The Morgan fingerprint density at radius 1 is 0.721 bits per heavy atom. The van der Waals surface area contributed by atoms with E-state index in [4.69, 9.17) is 23.2 Å². The van der Waals surface area contributed by atoms with E-state index in [1.54, 1.807) is 88.9 Å². The van der Waals surface area contributed by atoms with Crippen molar-refractivity contribution in [2.24, 2.45) is 24.3 Å². The number of hydrogen-bond acceptors (Lipinski definition) is 10. The predicted molar refractivity (Wildman–Crippen MR) is 155 cm³/mol. The van der Waals surface area contributed by atoms with Gasteiger partial charge in [0, 0.05) is 24.1 Å². The molecule has 2 heterocycles. The predicted octanol–water partition coefficient (Wildman–Crippen LogP) is -0.522.